The number of ether oxygens (including phenoxy) is 1. The molecule has 0 spiro atoms. The minimum atomic E-state index is 0.0654. The molecule has 0 radical (unpaired) electrons. The van der Waals surface area contributed by atoms with Crippen LogP contribution in [0, 0.1) is 0 Å². The fourth-order valence-electron chi connectivity index (χ4n) is 2.80. The zero-order chi connectivity index (χ0) is 16.2. The zero-order valence-corrected chi connectivity index (χ0v) is 14.6. The molecule has 0 atom stereocenters. The third-order valence-electron chi connectivity index (χ3n) is 4.08. The number of rotatable bonds is 3. The smallest absolute Gasteiger partial charge is 0.254 e. The van der Waals surface area contributed by atoms with Gasteiger partial charge in [-0.3, -0.25) is 4.79 Å². The topological polar surface area (TPSA) is 32.8 Å². The molecule has 0 N–H and O–H groups in total. The number of halogens is 1. The van der Waals surface area contributed by atoms with Gasteiger partial charge in [0, 0.05) is 36.2 Å². The number of carbonyl (C=O) groups is 1. The van der Waals surface area contributed by atoms with Crippen molar-refractivity contribution < 1.29 is 9.53 Å². The first-order valence-electron chi connectivity index (χ1n) is 7.62. The van der Waals surface area contributed by atoms with Crippen LogP contribution < -0.4 is 9.64 Å². The maximum atomic E-state index is 12.6. The van der Waals surface area contributed by atoms with Crippen molar-refractivity contribution in [2.75, 3.05) is 38.2 Å². The van der Waals surface area contributed by atoms with Gasteiger partial charge in [0.15, 0.2) is 0 Å². The Balaban J connectivity index is 1.66. The molecule has 0 bridgehead atoms. The van der Waals surface area contributed by atoms with Crippen LogP contribution in [0.25, 0.3) is 0 Å². The standard InChI is InChI=1S/C18H19BrN2O2/c1-23-15-6-4-5-14(13-15)18(22)21-11-9-20(10-12-21)17-8-3-2-7-16(17)19/h2-8,13H,9-12H2,1H3. The summed E-state index contributed by atoms with van der Waals surface area (Å²) in [6.07, 6.45) is 0. The van der Waals surface area contributed by atoms with Gasteiger partial charge >= 0.3 is 0 Å². The summed E-state index contributed by atoms with van der Waals surface area (Å²) in [6, 6.07) is 15.5. The molecule has 1 amide bonds. The van der Waals surface area contributed by atoms with E-state index in [4.69, 9.17) is 4.74 Å². The molecule has 0 aliphatic carbocycles. The number of piperazine rings is 1. The average molecular weight is 375 g/mol. The molecular formula is C18H19BrN2O2. The second kappa shape index (κ2) is 7.04. The van der Waals surface area contributed by atoms with Crippen molar-refractivity contribution in [2.24, 2.45) is 0 Å². The minimum Gasteiger partial charge on any atom is -0.497 e. The van der Waals surface area contributed by atoms with Gasteiger partial charge in [0.1, 0.15) is 5.75 Å². The van der Waals surface area contributed by atoms with Crippen molar-refractivity contribution in [2.45, 2.75) is 0 Å². The van der Waals surface area contributed by atoms with Crippen LogP contribution in [0.5, 0.6) is 5.75 Å². The molecule has 3 rings (SSSR count). The van der Waals surface area contributed by atoms with Crippen molar-refractivity contribution >= 4 is 27.5 Å². The minimum absolute atomic E-state index is 0.0654. The highest BCUT2D eigenvalue weighted by atomic mass is 79.9. The molecule has 1 saturated heterocycles. The normalized spacial score (nSPS) is 14.7. The number of methoxy groups -OCH3 is 1. The van der Waals surface area contributed by atoms with Gasteiger partial charge in [-0.15, -0.1) is 0 Å². The molecule has 0 aromatic heterocycles. The Morgan fingerprint density at radius 3 is 2.48 bits per heavy atom. The number of nitrogens with zero attached hydrogens (tertiary/aromatic N) is 2. The molecule has 1 aliphatic rings. The first-order valence-corrected chi connectivity index (χ1v) is 8.41. The van der Waals surface area contributed by atoms with E-state index in [1.54, 1.807) is 13.2 Å². The van der Waals surface area contributed by atoms with Gasteiger partial charge < -0.3 is 14.5 Å². The molecule has 2 aromatic carbocycles. The van der Waals surface area contributed by atoms with Gasteiger partial charge in [-0.2, -0.15) is 0 Å². The third-order valence-corrected chi connectivity index (χ3v) is 4.75. The molecule has 1 aliphatic heterocycles. The Morgan fingerprint density at radius 1 is 1.04 bits per heavy atom. The summed E-state index contributed by atoms with van der Waals surface area (Å²) in [5, 5.41) is 0. The number of amides is 1. The number of hydrogen-bond donors (Lipinski definition) is 0. The van der Waals surface area contributed by atoms with E-state index in [0.29, 0.717) is 11.3 Å². The first-order chi connectivity index (χ1) is 11.2. The van der Waals surface area contributed by atoms with Crippen molar-refractivity contribution in [3.05, 3.63) is 58.6 Å². The van der Waals surface area contributed by atoms with Gasteiger partial charge in [-0.05, 0) is 46.3 Å². The van der Waals surface area contributed by atoms with Crippen LogP contribution in [0.4, 0.5) is 5.69 Å². The van der Waals surface area contributed by atoms with E-state index in [9.17, 15) is 4.79 Å². The molecule has 0 unspecified atom stereocenters. The number of benzene rings is 2. The van der Waals surface area contributed by atoms with Crippen molar-refractivity contribution in [3.63, 3.8) is 0 Å². The fourth-order valence-corrected chi connectivity index (χ4v) is 3.33. The van der Waals surface area contributed by atoms with Crippen molar-refractivity contribution in [3.8, 4) is 5.75 Å². The van der Waals surface area contributed by atoms with E-state index in [-0.39, 0.29) is 5.91 Å². The van der Waals surface area contributed by atoms with Crippen molar-refractivity contribution in [1.82, 2.24) is 4.90 Å². The van der Waals surface area contributed by atoms with E-state index in [1.807, 2.05) is 41.3 Å². The zero-order valence-electron chi connectivity index (χ0n) is 13.0. The van der Waals surface area contributed by atoms with Crippen LogP contribution in [0.2, 0.25) is 0 Å². The van der Waals surface area contributed by atoms with Crippen molar-refractivity contribution in [1.29, 1.82) is 0 Å². The van der Waals surface area contributed by atoms with Crippen LogP contribution >= 0.6 is 15.9 Å². The van der Waals surface area contributed by atoms with Gasteiger partial charge in [-0.1, -0.05) is 18.2 Å². The lowest BCUT2D eigenvalue weighted by Gasteiger charge is -2.36. The number of anilines is 1. The molecule has 120 valence electrons. The summed E-state index contributed by atoms with van der Waals surface area (Å²) in [5.74, 6) is 0.776. The second-order valence-corrected chi connectivity index (χ2v) is 6.32. The first kappa shape index (κ1) is 15.9. The molecular weight excluding hydrogens is 356 g/mol. The summed E-state index contributed by atoms with van der Waals surface area (Å²) in [5.41, 5.74) is 1.86. The molecule has 0 saturated carbocycles. The Kier molecular flexibility index (Phi) is 4.86. The average Bonchev–Trinajstić information content (AvgIpc) is 2.62. The maximum absolute atomic E-state index is 12.6. The number of carbonyl (C=O) groups excluding carboxylic acids is 1. The lowest BCUT2D eigenvalue weighted by atomic mass is 10.1. The number of hydrogen-bond acceptors (Lipinski definition) is 3. The van der Waals surface area contributed by atoms with E-state index in [1.165, 1.54) is 5.69 Å². The van der Waals surface area contributed by atoms with Gasteiger partial charge in [0.25, 0.3) is 5.91 Å². The lowest BCUT2D eigenvalue weighted by molar-refractivity contribution is 0.0746. The predicted molar refractivity (Wildman–Crippen MR) is 95.3 cm³/mol. The van der Waals surface area contributed by atoms with Gasteiger partial charge in [0.05, 0.1) is 12.8 Å². The van der Waals surface area contributed by atoms with Crippen LogP contribution in [0.3, 0.4) is 0 Å². The molecule has 5 heteroatoms. The highest BCUT2D eigenvalue weighted by Crippen LogP contribution is 2.26. The third kappa shape index (κ3) is 3.50. The second-order valence-electron chi connectivity index (χ2n) is 5.46. The fraction of sp³-hybridized carbons (Fsp3) is 0.278. The van der Waals surface area contributed by atoms with Crippen LogP contribution in [-0.4, -0.2) is 44.1 Å². The Hall–Kier alpha value is -2.01. The largest absolute Gasteiger partial charge is 0.497 e. The summed E-state index contributed by atoms with van der Waals surface area (Å²) in [6.45, 7) is 3.10. The van der Waals surface area contributed by atoms with E-state index >= 15 is 0 Å². The summed E-state index contributed by atoms with van der Waals surface area (Å²) in [7, 11) is 1.61. The highest BCUT2D eigenvalue weighted by Gasteiger charge is 2.23. The number of para-hydroxylation sites is 1. The Bertz CT molecular complexity index is 697. The predicted octanol–water partition coefficient (Wildman–Crippen LogP) is 3.42. The van der Waals surface area contributed by atoms with Crippen LogP contribution in [-0.2, 0) is 0 Å². The summed E-state index contributed by atoms with van der Waals surface area (Å²) < 4.78 is 6.29. The summed E-state index contributed by atoms with van der Waals surface area (Å²) >= 11 is 3.59. The maximum Gasteiger partial charge on any atom is 0.254 e. The molecule has 1 fully saturated rings. The van der Waals surface area contributed by atoms with Crippen LogP contribution in [0.1, 0.15) is 10.4 Å². The van der Waals surface area contributed by atoms with Gasteiger partial charge in [-0.25, -0.2) is 0 Å². The molecule has 2 aromatic rings. The quantitative estimate of drug-likeness (QED) is 0.824. The lowest BCUT2D eigenvalue weighted by Crippen LogP contribution is -2.48. The molecule has 23 heavy (non-hydrogen) atoms. The SMILES string of the molecule is COc1cccc(C(=O)N2CCN(c3ccccc3Br)CC2)c1. The Morgan fingerprint density at radius 2 is 1.78 bits per heavy atom. The molecule has 4 nitrogen and oxygen atoms in total. The van der Waals surface area contributed by atoms with E-state index in [0.717, 1.165) is 30.7 Å². The van der Waals surface area contributed by atoms with Crippen LogP contribution in [0.15, 0.2) is 53.0 Å². The highest BCUT2D eigenvalue weighted by molar-refractivity contribution is 9.10. The van der Waals surface area contributed by atoms with E-state index in [2.05, 4.69) is 26.9 Å². The van der Waals surface area contributed by atoms with Gasteiger partial charge in [0.2, 0.25) is 0 Å². The Labute approximate surface area is 144 Å². The molecule has 1 heterocycles. The summed E-state index contributed by atoms with van der Waals surface area (Å²) in [4.78, 5) is 16.8. The monoisotopic (exact) mass is 374 g/mol. The van der Waals surface area contributed by atoms with E-state index < -0.39 is 0 Å².